The van der Waals surface area contributed by atoms with Gasteiger partial charge in [-0.1, -0.05) is 6.42 Å². The highest BCUT2D eigenvalue weighted by atomic mass is 32.2. The van der Waals surface area contributed by atoms with Crippen LogP contribution in [0.4, 0.5) is 0 Å². The van der Waals surface area contributed by atoms with Crippen molar-refractivity contribution in [2.45, 2.75) is 37.0 Å². The SMILES string of the molecule is CSC1(CNCC(=O)N2CCc3sccc3C2)CCC1. The highest BCUT2D eigenvalue weighted by Crippen LogP contribution is 2.42. The fourth-order valence-corrected chi connectivity index (χ4v) is 4.83. The Labute approximate surface area is 129 Å². The van der Waals surface area contributed by atoms with E-state index in [1.807, 2.05) is 28.0 Å². The summed E-state index contributed by atoms with van der Waals surface area (Å²) in [6.07, 6.45) is 7.12. The van der Waals surface area contributed by atoms with E-state index in [1.54, 1.807) is 0 Å². The van der Waals surface area contributed by atoms with E-state index in [0.29, 0.717) is 11.3 Å². The van der Waals surface area contributed by atoms with Gasteiger partial charge in [-0.3, -0.25) is 4.79 Å². The molecule has 1 saturated carbocycles. The Balaban J connectivity index is 1.46. The first-order valence-electron chi connectivity index (χ1n) is 7.31. The summed E-state index contributed by atoms with van der Waals surface area (Å²) in [6.45, 7) is 3.13. The molecule has 0 unspecified atom stereocenters. The summed E-state index contributed by atoms with van der Waals surface area (Å²) < 4.78 is 0.405. The van der Waals surface area contributed by atoms with Gasteiger partial charge in [-0.25, -0.2) is 0 Å². The van der Waals surface area contributed by atoms with E-state index < -0.39 is 0 Å². The minimum absolute atomic E-state index is 0.248. The van der Waals surface area contributed by atoms with Gasteiger partial charge in [0.2, 0.25) is 5.91 Å². The third-order valence-electron chi connectivity index (χ3n) is 4.58. The molecule has 1 amide bonds. The highest BCUT2D eigenvalue weighted by molar-refractivity contribution is 8.00. The molecule has 3 nitrogen and oxygen atoms in total. The van der Waals surface area contributed by atoms with E-state index in [-0.39, 0.29) is 5.91 Å². The van der Waals surface area contributed by atoms with Crippen LogP contribution in [0.15, 0.2) is 11.4 Å². The third-order valence-corrected chi connectivity index (χ3v) is 7.02. The van der Waals surface area contributed by atoms with E-state index in [9.17, 15) is 4.79 Å². The van der Waals surface area contributed by atoms with Gasteiger partial charge in [-0.05, 0) is 42.5 Å². The monoisotopic (exact) mass is 310 g/mol. The number of hydrogen-bond acceptors (Lipinski definition) is 4. The largest absolute Gasteiger partial charge is 0.337 e. The molecule has 5 heteroatoms. The maximum atomic E-state index is 12.3. The molecule has 0 atom stereocenters. The molecule has 0 radical (unpaired) electrons. The Morgan fingerprint density at radius 2 is 2.40 bits per heavy atom. The third kappa shape index (κ3) is 2.90. The molecule has 1 aromatic rings. The molecule has 1 N–H and O–H groups in total. The number of carbonyl (C=O) groups excluding carboxylic acids is 1. The number of amides is 1. The lowest BCUT2D eigenvalue weighted by Gasteiger charge is -2.40. The van der Waals surface area contributed by atoms with Gasteiger partial charge in [0.05, 0.1) is 6.54 Å². The van der Waals surface area contributed by atoms with Crippen molar-refractivity contribution in [2.75, 3.05) is 25.9 Å². The number of thioether (sulfide) groups is 1. The Hall–Kier alpha value is -0.520. The molecule has 1 fully saturated rings. The quantitative estimate of drug-likeness (QED) is 0.907. The molecule has 1 aliphatic heterocycles. The Morgan fingerprint density at radius 1 is 1.55 bits per heavy atom. The van der Waals surface area contributed by atoms with Gasteiger partial charge in [0.15, 0.2) is 0 Å². The van der Waals surface area contributed by atoms with Crippen molar-refractivity contribution in [1.29, 1.82) is 0 Å². The number of thiophene rings is 1. The average molecular weight is 310 g/mol. The molecular formula is C15H22N2OS2. The second-order valence-corrected chi connectivity index (χ2v) is 8.05. The van der Waals surface area contributed by atoms with Crippen LogP contribution in [-0.2, 0) is 17.8 Å². The van der Waals surface area contributed by atoms with Crippen LogP contribution >= 0.6 is 23.1 Å². The van der Waals surface area contributed by atoms with Gasteiger partial charge in [-0.2, -0.15) is 11.8 Å². The fraction of sp³-hybridized carbons (Fsp3) is 0.667. The lowest BCUT2D eigenvalue weighted by atomic mass is 9.84. The lowest BCUT2D eigenvalue weighted by molar-refractivity contribution is -0.131. The average Bonchev–Trinajstić information content (AvgIpc) is 2.88. The molecular weight excluding hydrogens is 288 g/mol. The van der Waals surface area contributed by atoms with Gasteiger partial charge in [0.1, 0.15) is 0 Å². The van der Waals surface area contributed by atoms with Crippen LogP contribution in [0.2, 0.25) is 0 Å². The number of carbonyl (C=O) groups is 1. The van der Waals surface area contributed by atoms with Crippen LogP contribution in [0.3, 0.4) is 0 Å². The molecule has 0 saturated heterocycles. The molecule has 0 bridgehead atoms. The zero-order chi connectivity index (χ0) is 14.0. The first-order chi connectivity index (χ1) is 9.72. The van der Waals surface area contributed by atoms with Crippen LogP contribution in [-0.4, -0.2) is 41.4 Å². The summed E-state index contributed by atoms with van der Waals surface area (Å²) in [6, 6.07) is 2.16. The molecule has 1 aromatic heterocycles. The van der Waals surface area contributed by atoms with E-state index in [4.69, 9.17) is 0 Å². The van der Waals surface area contributed by atoms with Crippen molar-refractivity contribution >= 4 is 29.0 Å². The predicted molar refractivity (Wildman–Crippen MR) is 86.4 cm³/mol. The van der Waals surface area contributed by atoms with Crippen molar-refractivity contribution in [3.05, 3.63) is 21.9 Å². The maximum absolute atomic E-state index is 12.3. The molecule has 2 heterocycles. The highest BCUT2D eigenvalue weighted by Gasteiger charge is 2.35. The molecule has 2 aliphatic rings. The van der Waals surface area contributed by atoms with Crippen molar-refractivity contribution in [3.63, 3.8) is 0 Å². The lowest BCUT2D eigenvalue weighted by Crippen LogP contribution is -2.47. The number of nitrogens with one attached hydrogen (secondary N) is 1. The molecule has 0 aromatic carbocycles. The van der Waals surface area contributed by atoms with Gasteiger partial charge in [-0.15, -0.1) is 11.3 Å². The summed E-state index contributed by atoms with van der Waals surface area (Å²) >= 11 is 3.77. The topological polar surface area (TPSA) is 32.3 Å². The van der Waals surface area contributed by atoms with E-state index >= 15 is 0 Å². The molecule has 20 heavy (non-hydrogen) atoms. The number of rotatable bonds is 5. The summed E-state index contributed by atoms with van der Waals surface area (Å²) in [5.41, 5.74) is 1.34. The normalized spacial score (nSPS) is 20.4. The first-order valence-corrected chi connectivity index (χ1v) is 9.42. The van der Waals surface area contributed by atoms with Gasteiger partial charge < -0.3 is 10.2 Å². The Kier molecular flexibility index (Phi) is 4.38. The second-order valence-electron chi connectivity index (χ2n) is 5.78. The number of fused-ring (bicyclic) bond motifs is 1. The van der Waals surface area contributed by atoms with Crippen molar-refractivity contribution < 1.29 is 4.79 Å². The van der Waals surface area contributed by atoms with Crippen molar-refractivity contribution in [2.24, 2.45) is 0 Å². The summed E-state index contributed by atoms with van der Waals surface area (Å²) in [4.78, 5) is 15.7. The smallest absolute Gasteiger partial charge is 0.236 e. The Morgan fingerprint density at radius 3 is 3.10 bits per heavy atom. The first kappa shape index (κ1) is 14.4. The van der Waals surface area contributed by atoms with Crippen molar-refractivity contribution in [3.8, 4) is 0 Å². The van der Waals surface area contributed by atoms with Crippen LogP contribution < -0.4 is 5.32 Å². The van der Waals surface area contributed by atoms with E-state index in [0.717, 1.165) is 26.1 Å². The maximum Gasteiger partial charge on any atom is 0.236 e. The fourth-order valence-electron chi connectivity index (χ4n) is 2.99. The summed E-state index contributed by atoms with van der Waals surface area (Å²) in [7, 11) is 0. The van der Waals surface area contributed by atoms with Crippen LogP contribution in [0.1, 0.15) is 29.7 Å². The minimum atomic E-state index is 0.248. The van der Waals surface area contributed by atoms with Gasteiger partial charge >= 0.3 is 0 Å². The standard InChI is InChI=1S/C15H22N2OS2/c1-19-15(5-2-6-15)11-16-9-14(18)17-7-3-13-12(10-17)4-8-20-13/h4,8,16H,2-3,5-7,9-11H2,1H3. The van der Waals surface area contributed by atoms with Crippen LogP contribution in [0, 0.1) is 0 Å². The van der Waals surface area contributed by atoms with Crippen LogP contribution in [0.5, 0.6) is 0 Å². The molecule has 0 spiro atoms. The zero-order valence-electron chi connectivity index (χ0n) is 12.0. The Bertz CT molecular complexity index is 476. The second kappa shape index (κ2) is 6.08. The summed E-state index contributed by atoms with van der Waals surface area (Å²) in [5, 5.41) is 5.52. The van der Waals surface area contributed by atoms with Gasteiger partial charge in [0, 0.05) is 29.3 Å². The molecule has 3 rings (SSSR count). The van der Waals surface area contributed by atoms with Gasteiger partial charge in [0.25, 0.3) is 0 Å². The number of nitrogens with zero attached hydrogens (tertiary/aromatic N) is 1. The predicted octanol–water partition coefficient (Wildman–Crippen LogP) is 2.51. The molecule has 110 valence electrons. The molecule has 1 aliphatic carbocycles. The van der Waals surface area contributed by atoms with E-state index in [2.05, 4.69) is 23.0 Å². The number of hydrogen-bond donors (Lipinski definition) is 1. The van der Waals surface area contributed by atoms with E-state index in [1.165, 1.54) is 29.7 Å². The zero-order valence-corrected chi connectivity index (χ0v) is 13.6. The minimum Gasteiger partial charge on any atom is -0.337 e. The summed E-state index contributed by atoms with van der Waals surface area (Å²) in [5.74, 6) is 0.248. The van der Waals surface area contributed by atoms with Crippen LogP contribution in [0.25, 0.3) is 0 Å². The van der Waals surface area contributed by atoms with Crippen molar-refractivity contribution in [1.82, 2.24) is 10.2 Å².